The Balaban J connectivity index is 0.00000450. The molecule has 4 N–H and O–H groups in total. The van der Waals surface area contributed by atoms with Gasteiger partial charge in [-0.3, -0.25) is 4.99 Å². The average molecular weight is 543 g/mol. The van der Waals surface area contributed by atoms with E-state index in [4.69, 9.17) is 0 Å². The third-order valence-corrected chi connectivity index (χ3v) is 5.30. The average Bonchev–Trinajstić information content (AvgIpc) is 2.70. The van der Waals surface area contributed by atoms with Crippen molar-refractivity contribution >= 4 is 35.8 Å². The molecule has 1 aliphatic carbocycles. The second kappa shape index (κ2) is 13.2. The number of guanidine groups is 1. The van der Waals surface area contributed by atoms with Crippen molar-refractivity contribution in [1.82, 2.24) is 15.6 Å². The number of anilines is 1. The monoisotopic (exact) mass is 543 g/mol. The molecule has 10 heteroatoms. The van der Waals surface area contributed by atoms with Gasteiger partial charge in [0.1, 0.15) is 5.82 Å². The Morgan fingerprint density at radius 2 is 1.93 bits per heavy atom. The molecule has 2 rings (SSSR count). The van der Waals surface area contributed by atoms with Crippen LogP contribution >= 0.6 is 24.0 Å². The Morgan fingerprint density at radius 3 is 2.57 bits per heavy atom. The summed E-state index contributed by atoms with van der Waals surface area (Å²) >= 11 is 0. The number of rotatable bonds is 9. The highest BCUT2D eigenvalue weighted by Crippen LogP contribution is 2.39. The lowest BCUT2D eigenvalue weighted by Gasteiger charge is -2.35. The van der Waals surface area contributed by atoms with Crippen LogP contribution in [0.15, 0.2) is 23.3 Å². The Labute approximate surface area is 193 Å². The van der Waals surface area contributed by atoms with Gasteiger partial charge < -0.3 is 21.1 Å². The van der Waals surface area contributed by atoms with Crippen molar-refractivity contribution in [1.29, 1.82) is 0 Å². The molecule has 0 amide bonds. The molecule has 0 saturated heterocycles. The van der Waals surface area contributed by atoms with Crippen LogP contribution in [0.4, 0.5) is 19.0 Å². The van der Waals surface area contributed by atoms with Crippen LogP contribution in [0.3, 0.4) is 0 Å². The van der Waals surface area contributed by atoms with Gasteiger partial charge >= 0.3 is 6.18 Å². The smallest absolute Gasteiger partial charge is 0.396 e. The summed E-state index contributed by atoms with van der Waals surface area (Å²) in [5, 5.41) is 18.5. The first-order valence-corrected chi connectivity index (χ1v) is 10.3. The zero-order valence-corrected chi connectivity index (χ0v) is 19.7. The first-order valence-electron chi connectivity index (χ1n) is 10.3. The number of nitrogens with zero attached hydrogens (tertiary/aromatic N) is 2. The Bertz CT molecular complexity index is 646. The summed E-state index contributed by atoms with van der Waals surface area (Å²) in [7, 11) is 0. The van der Waals surface area contributed by atoms with Gasteiger partial charge in [0.15, 0.2) is 5.96 Å². The Kier molecular flexibility index (Phi) is 11.7. The molecule has 6 nitrogen and oxygen atoms in total. The van der Waals surface area contributed by atoms with Crippen LogP contribution < -0.4 is 16.0 Å². The van der Waals surface area contributed by atoms with Gasteiger partial charge in [0.25, 0.3) is 0 Å². The molecule has 1 heterocycles. The van der Waals surface area contributed by atoms with Gasteiger partial charge in [-0.1, -0.05) is 19.3 Å². The number of halogens is 4. The molecule has 1 fully saturated rings. The van der Waals surface area contributed by atoms with E-state index in [0.717, 1.165) is 38.2 Å². The van der Waals surface area contributed by atoms with Gasteiger partial charge in [0, 0.05) is 39.0 Å². The van der Waals surface area contributed by atoms with Gasteiger partial charge in [-0.05, 0) is 43.7 Å². The number of aliphatic imine (C=N–C) groups is 1. The molecular formula is C20H33F3IN5O. The molecule has 1 aromatic heterocycles. The summed E-state index contributed by atoms with van der Waals surface area (Å²) < 4.78 is 39.1. The zero-order valence-electron chi connectivity index (χ0n) is 17.4. The molecule has 0 atom stereocenters. The van der Waals surface area contributed by atoms with Crippen LogP contribution in [0.25, 0.3) is 0 Å². The maximum Gasteiger partial charge on any atom is 0.419 e. The number of hydrogen-bond donors (Lipinski definition) is 4. The minimum atomic E-state index is -4.44. The van der Waals surface area contributed by atoms with Gasteiger partial charge in [-0.15, -0.1) is 24.0 Å². The molecule has 1 aliphatic rings. The molecule has 0 aliphatic heterocycles. The molecule has 0 bridgehead atoms. The van der Waals surface area contributed by atoms with E-state index >= 15 is 0 Å². The fourth-order valence-corrected chi connectivity index (χ4v) is 3.75. The van der Waals surface area contributed by atoms with E-state index in [1.54, 1.807) is 0 Å². The molecular weight excluding hydrogens is 510 g/mol. The molecule has 30 heavy (non-hydrogen) atoms. The predicted molar refractivity (Wildman–Crippen MR) is 124 cm³/mol. The lowest BCUT2D eigenvalue weighted by Crippen LogP contribution is -2.41. The SMILES string of the molecule is CCNC(=NCC1(CCO)CCCCC1)NCCNc1ncccc1C(F)(F)F.I. The second-order valence-electron chi connectivity index (χ2n) is 7.48. The number of aliphatic hydroxyl groups is 1. The van der Waals surface area contributed by atoms with Gasteiger partial charge in [-0.2, -0.15) is 13.2 Å². The van der Waals surface area contributed by atoms with Crippen molar-refractivity contribution in [2.75, 3.05) is 38.1 Å². The number of hydrogen-bond acceptors (Lipinski definition) is 4. The molecule has 172 valence electrons. The number of aromatic nitrogens is 1. The maximum absolute atomic E-state index is 13.0. The maximum atomic E-state index is 13.0. The van der Waals surface area contributed by atoms with Gasteiger partial charge in [0.2, 0.25) is 0 Å². The second-order valence-corrected chi connectivity index (χ2v) is 7.48. The largest absolute Gasteiger partial charge is 0.419 e. The van der Waals surface area contributed by atoms with Crippen LogP contribution in [0, 0.1) is 5.41 Å². The van der Waals surface area contributed by atoms with Crippen molar-refractivity contribution in [2.45, 2.75) is 51.6 Å². The molecule has 1 aromatic rings. The van der Waals surface area contributed by atoms with Crippen LogP contribution in [0.2, 0.25) is 0 Å². The van der Waals surface area contributed by atoms with Crippen molar-refractivity contribution in [3.05, 3.63) is 23.9 Å². The number of pyridine rings is 1. The molecule has 0 spiro atoms. The van der Waals surface area contributed by atoms with E-state index in [9.17, 15) is 18.3 Å². The van der Waals surface area contributed by atoms with Crippen LogP contribution in [-0.4, -0.2) is 48.8 Å². The fraction of sp³-hybridized carbons (Fsp3) is 0.700. The van der Waals surface area contributed by atoms with E-state index in [0.29, 0.717) is 25.6 Å². The zero-order chi connectivity index (χ0) is 21.2. The summed E-state index contributed by atoms with van der Waals surface area (Å²) in [4.78, 5) is 8.49. The Hall–Kier alpha value is -1.30. The number of nitrogens with one attached hydrogen (secondary N) is 3. The molecule has 0 radical (unpaired) electrons. The molecule has 0 aromatic carbocycles. The summed E-state index contributed by atoms with van der Waals surface area (Å²) in [6.07, 6.45) is 3.33. The number of alkyl halides is 3. The topological polar surface area (TPSA) is 81.6 Å². The highest BCUT2D eigenvalue weighted by atomic mass is 127. The van der Waals surface area contributed by atoms with Crippen LogP contribution in [-0.2, 0) is 6.18 Å². The summed E-state index contributed by atoms with van der Waals surface area (Å²) in [6.45, 7) is 4.11. The molecule has 1 saturated carbocycles. The fourth-order valence-electron chi connectivity index (χ4n) is 3.75. The van der Waals surface area contributed by atoms with E-state index in [1.807, 2.05) is 6.92 Å². The minimum Gasteiger partial charge on any atom is -0.396 e. The first-order chi connectivity index (χ1) is 13.9. The van der Waals surface area contributed by atoms with E-state index in [1.165, 1.54) is 18.7 Å². The van der Waals surface area contributed by atoms with E-state index in [2.05, 4.69) is 25.9 Å². The highest BCUT2D eigenvalue weighted by Gasteiger charge is 2.34. The van der Waals surface area contributed by atoms with Crippen molar-refractivity contribution in [2.24, 2.45) is 10.4 Å². The van der Waals surface area contributed by atoms with Gasteiger partial charge in [-0.25, -0.2) is 4.98 Å². The number of aliphatic hydroxyl groups excluding tert-OH is 1. The standard InChI is InChI=1S/C20H32F3N5O.HI/c1-2-24-18(28-15-19(10-14-29)8-4-3-5-9-19)27-13-12-26-17-16(20(21,22)23)7-6-11-25-17;/h6-7,11,29H,2-5,8-10,12-15H2,1H3,(H,25,26)(H2,24,27,28);1H. The highest BCUT2D eigenvalue weighted by molar-refractivity contribution is 14.0. The normalized spacial score (nSPS) is 16.5. The van der Waals surface area contributed by atoms with Gasteiger partial charge in [0.05, 0.1) is 5.56 Å². The van der Waals surface area contributed by atoms with E-state index in [-0.39, 0.29) is 48.4 Å². The lowest BCUT2D eigenvalue weighted by molar-refractivity contribution is -0.137. The van der Waals surface area contributed by atoms with Crippen LogP contribution in [0.5, 0.6) is 0 Å². The van der Waals surface area contributed by atoms with E-state index < -0.39 is 11.7 Å². The van der Waals surface area contributed by atoms with Crippen molar-refractivity contribution in [3.63, 3.8) is 0 Å². The first kappa shape index (κ1) is 26.7. The summed E-state index contributed by atoms with van der Waals surface area (Å²) in [6, 6.07) is 2.29. The lowest BCUT2D eigenvalue weighted by atomic mass is 9.72. The third kappa shape index (κ3) is 8.44. The van der Waals surface area contributed by atoms with Crippen molar-refractivity contribution in [3.8, 4) is 0 Å². The third-order valence-electron chi connectivity index (χ3n) is 5.30. The van der Waals surface area contributed by atoms with Crippen molar-refractivity contribution < 1.29 is 18.3 Å². The summed E-state index contributed by atoms with van der Waals surface area (Å²) in [5.74, 6) is 0.460. The minimum absolute atomic E-state index is 0. The predicted octanol–water partition coefficient (Wildman–Crippen LogP) is 4.02. The summed E-state index contributed by atoms with van der Waals surface area (Å²) in [5.41, 5.74) is -0.729. The van der Waals surface area contributed by atoms with Crippen LogP contribution in [0.1, 0.15) is 51.0 Å². The quantitative estimate of drug-likeness (QED) is 0.164. The molecule has 0 unspecified atom stereocenters. The Morgan fingerprint density at radius 1 is 1.20 bits per heavy atom.